The largest absolute Gasteiger partial charge is 0.454 e. The third kappa shape index (κ3) is 2.99. The molecule has 2 fully saturated rings. The van der Waals surface area contributed by atoms with Gasteiger partial charge in [0.2, 0.25) is 0 Å². The Kier molecular flexibility index (Phi) is 3.74. The van der Waals surface area contributed by atoms with Crippen LogP contribution in [0.4, 0.5) is 4.79 Å². The van der Waals surface area contributed by atoms with Gasteiger partial charge in [0.1, 0.15) is 11.4 Å². The van der Waals surface area contributed by atoms with Gasteiger partial charge in [0.25, 0.3) is 5.91 Å². The smallest absolute Gasteiger partial charge is 0.410 e. The van der Waals surface area contributed by atoms with Crippen molar-refractivity contribution in [3.05, 3.63) is 42.4 Å². The van der Waals surface area contributed by atoms with Crippen molar-refractivity contribution < 1.29 is 18.7 Å². The standard InChI is InChI=1S/C17H20N4O4/c1-19-10-17(25-16(19)23)5-2-7-21(11-17)15(22)14-4-3-13(24-14)9-20-8-6-18-12-20/h3-4,6,8,12H,2,5,7,9-11H2,1H3. The molecule has 0 bridgehead atoms. The van der Waals surface area contributed by atoms with Crippen LogP contribution in [0.3, 0.4) is 0 Å². The Bertz CT molecular complexity index is 784. The Morgan fingerprint density at radius 1 is 1.36 bits per heavy atom. The summed E-state index contributed by atoms with van der Waals surface area (Å²) in [5.74, 6) is 0.839. The second-order valence-electron chi connectivity index (χ2n) is 6.74. The summed E-state index contributed by atoms with van der Waals surface area (Å²) in [6, 6.07) is 3.50. The summed E-state index contributed by atoms with van der Waals surface area (Å²) in [7, 11) is 1.72. The molecule has 0 aliphatic carbocycles. The highest BCUT2D eigenvalue weighted by molar-refractivity contribution is 5.91. The first-order valence-electron chi connectivity index (χ1n) is 8.33. The minimum absolute atomic E-state index is 0.165. The summed E-state index contributed by atoms with van der Waals surface area (Å²) in [5, 5.41) is 0. The molecule has 0 radical (unpaired) electrons. The van der Waals surface area contributed by atoms with Gasteiger partial charge in [0.15, 0.2) is 5.76 Å². The van der Waals surface area contributed by atoms with Crippen LogP contribution < -0.4 is 0 Å². The first kappa shape index (κ1) is 15.7. The van der Waals surface area contributed by atoms with E-state index in [1.54, 1.807) is 41.5 Å². The molecule has 2 aliphatic heterocycles. The van der Waals surface area contributed by atoms with Crippen molar-refractivity contribution >= 4 is 12.0 Å². The quantitative estimate of drug-likeness (QED) is 0.844. The van der Waals surface area contributed by atoms with Gasteiger partial charge >= 0.3 is 6.09 Å². The van der Waals surface area contributed by atoms with Crippen molar-refractivity contribution in [3.63, 3.8) is 0 Å². The van der Waals surface area contributed by atoms with Crippen LogP contribution in [0.25, 0.3) is 0 Å². The molecular formula is C17H20N4O4. The maximum atomic E-state index is 12.8. The van der Waals surface area contributed by atoms with E-state index < -0.39 is 5.60 Å². The van der Waals surface area contributed by atoms with Crippen LogP contribution in [0.2, 0.25) is 0 Å². The van der Waals surface area contributed by atoms with Gasteiger partial charge in [-0.05, 0) is 25.0 Å². The molecule has 132 valence electrons. The highest BCUT2D eigenvalue weighted by Gasteiger charge is 2.47. The summed E-state index contributed by atoms with van der Waals surface area (Å²) in [6.45, 7) is 2.08. The van der Waals surface area contributed by atoms with E-state index in [1.165, 1.54) is 0 Å². The van der Waals surface area contributed by atoms with Crippen molar-refractivity contribution in [1.82, 2.24) is 19.4 Å². The van der Waals surface area contributed by atoms with Crippen molar-refractivity contribution in [2.45, 2.75) is 25.0 Å². The first-order chi connectivity index (χ1) is 12.0. The lowest BCUT2D eigenvalue weighted by molar-refractivity contribution is -0.00625. The van der Waals surface area contributed by atoms with Crippen molar-refractivity contribution in [2.24, 2.45) is 0 Å². The van der Waals surface area contributed by atoms with Gasteiger partial charge in [-0.15, -0.1) is 0 Å². The average Bonchev–Trinajstić information content (AvgIpc) is 3.31. The number of amides is 2. The van der Waals surface area contributed by atoms with Gasteiger partial charge in [-0.3, -0.25) is 4.79 Å². The lowest BCUT2D eigenvalue weighted by atomic mass is 9.92. The zero-order chi connectivity index (χ0) is 17.4. The SMILES string of the molecule is CN1CC2(CCCN(C(=O)c3ccc(Cn4ccnc4)o3)C2)OC1=O. The highest BCUT2D eigenvalue weighted by Crippen LogP contribution is 2.32. The number of imidazole rings is 1. The number of likely N-dealkylation sites (N-methyl/N-ethyl adjacent to an activating group) is 1. The number of hydrogen-bond acceptors (Lipinski definition) is 5. The normalized spacial score (nSPS) is 23.3. The molecule has 1 atom stereocenters. The number of hydrogen-bond donors (Lipinski definition) is 0. The number of piperidine rings is 1. The van der Waals surface area contributed by atoms with Crippen LogP contribution in [0, 0.1) is 0 Å². The van der Waals surface area contributed by atoms with E-state index in [9.17, 15) is 9.59 Å². The minimum atomic E-state index is -0.591. The number of rotatable bonds is 3. The number of ether oxygens (including phenoxy) is 1. The molecule has 4 heterocycles. The topological polar surface area (TPSA) is 80.8 Å². The molecule has 2 saturated heterocycles. The number of likely N-dealkylation sites (tertiary alicyclic amines) is 1. The molecule has 2 aromatic heterocycles. The Morgan fingerprint density at radius 2 is 2.24 bits per heavy atom. The molecule has 0 N–H and O–H groups in total. The van der Waals surface area contributed by atoms with Crippen LogP contribution in [-0.2, 0) is 11.3 Å². The van der Waals surface area contributed by atoms with E-state index in [0.29, 0.717) is 37.7 Å². The van der Waals surface area contributed by atoms with Crippen molar-refractivity contribution in [3.8, 4) is 0 Å². The van der Waals surface area contributed by atoms with Crippen LogP contribution in [0.5, 0.6) is 0 Å². The minimum Gasteiger partial charge on any atom is -0.454 e. The van der Waals surface area contributed by atoms with Crippen molar-refractivity contribution in [1.29, 1.82) is 0 Å². The van der Waals surface area contributed by atoms with E-state index in [2.05, 4.69) is 4.98 Å². The van der Waals surface area contributed by atoms with E-state index in [1.807, 2.05) is 10.8 Å². The third-order valence-electron chi connectivity index (χ3n) is 4.74. The van der Waals surface area contributed by atoms with Gasteiger partial charge in [-0.25, -0.2) is 9.78 Å². The Labute approximate surface area is 145 Å². The molecule has 1 unspecified atom stereocenters. The molecule has 8 nitrogen and oxygen atoms in total. The van der Waals surface area contributed by atoms with E-state index in [0.717, 1.165) is 12.8 Å². The molecule has 0 aromatic carbocycles. The molecule has 4 rings (SSSR count). The van der Waals surface area contributed by atoms with Gasteiger partial charge in [-0.1, -0.05) is 0 Å². The van der Waals surface area contributed by atoms with E-state index in [-0.39, 0.29) is 12.0 Å². The number of carbonyl (C=O) groups excluding carboxylic acids is 2. The summed E-state index contributed by atoms with van der Waals surface area (Å²) >= 11 is 0. The van der Waals surface area contributed by atoms with Crippen LogP contribution in [0.1, 0.15) is 29.2 Å². The molecule has 0 saturated carbocycles. The lowest BCUT2D eigenvalue weighted by Gasteiger charge is -2.37. The van der Waals surface area contributed by atoms with Crippen molar-refractivity contribution in [2.75, 3.05) is 26.7 Å². The molecule has 2 aromatic rings. The monoisotopic (exact) mass is 344 g/mol. The summed E-state index contributed by atoms with van der Waals surface area (Å²) in [6.07, 6.45) is 6.48. The zero-order valence-electron chi connectivity index (χ0n) is 14.1. The summed E-state index contributed by atoms with van der Waals surface area (Å²) < 4.78 is 13.1. The van der Waals surface area contributed by atoms with Crippen LogP contribution >= 0.6 is 0 Å². The third-order valence-corrected chi connectivity index (χ3v) is 4.74. The predicted octanol–water partition coefficient (Wildman–Crippen LogP) is 1.58. The molecule has 1 spiro atoms. The molecule has 25 heavy (non-hydrogen) atoms. The molecular weight excluding hydrogens is 324 g/mol. The number of furan rings is 1. The van der Waals surface area contributed by atoms with E-state index in [4.69, 9.17) is 9.15 Å². The van der Waals surface area contributed by atoms with Gasteiger partial charge in [0.05, 0.1) is 26.0 Å². The fraction of sp³-hybridized carbons (Fsp3) is 0.471. The molecule has 2 aliphatic rings. The number of nitrogens with zero attached hydrogens (tertiary/aromatic N) is 4. The summed E-state index contributed by atoms with van der Waals surface area (Å²) in [5.41, 5.74) is -0.591. The van der Waals surface area contributed by atoms with Gasteiger partial charge < -0.3 is 23.5 Å². The number of carbonyl (C=O) groups is 2. The van der Waals surface area contributed by atoms with Gasteiger partial charge in [0, 0.05) is 26.0 Å². The Hall–Kier alpha value is -2.77. The predicted molar refractivity (Wildman–Crippen MR) is 87.0 cm³/mol. The molecule has 2 amide bonds. The lowest BCUT2D eigenvalue weighted by Crippen LogP contribution is -2.52. The fourth-order valence-corrected chi connectivity index (χ4v) is 3.57. The second-order valence-corrected chi connectivity index (χ2v) is 6.74. The van der Waals surface area contributed by atoms with Crippen LogP contribution in [0.15, 0.2) is 35.3 Å². The molecule has 8 heteroatoms. The Balaban J connectivity index is 1.46. The zero-order valence-corrected chi connectivity index (χ0v) is 14.1. The highest BCUT2D eigenvalue weighted by atomic mass is 16.6. The second kappa shape index (κ2) is 5.94. The maximum Gasteiger partial charge on any atom is 0.410 e. The fourth-order valence-electron chi connectivity index (χ4n) is 3.57. The van der Waals surface area contributed by atoms with E-state index >= 15 is 0 Å². The summed E-state index contributed by atoms with van der Waals surface area (Å²) in [4.78, 5) is 31.8. The Morgan fingerprint density at radius 3 is 2.96 bits per heavy atom. The number of aromatic nitrogens is 2. The van der Waals surface area contributed by atoms with Crippen LogP contribution in [-0.4, -0.2) is 63.6 Å². The average molecular weight is 344 g/mol. The maximum absolute atomic E-state index is 12.8. The van der Waals surface area contributed by atoms with Gasteiger partial charge in [-0.2, -0.15) is 0 Å². The first-order valence-corrected chi connectivity index (χ1v) is 8.33.